The molecule has 0 aliphatic rings. The van der Waals surface area contributed by atoms with Crippen LogP contribution in [0.4, 0.5) is 0 Å². The predicted octanol–water partition coefficient (Wildman–Crippen LogP) is 1.72. The molecular weight excluding hydrogens is 180 g/mol. The molecule has 0 fully saturated rings. The first-order valence-corrected chi connectivity index (χ1v) is 5.27. The molecule has 1 N–H and O–H groups in total. The average Bonchev–Trinajstić information content (AvgIpc) is 2.23. The molecule has 0 radical (unpaired) electrons. The molecule has 0 aromatic heterocycles. The summed E-state index contributed by atoms with van der Waals surface area (Å²) in [6, 6.07) is 0. The van der Waals surface area contributed by atoms with E-state index in [4.69, 9.17) is 0 Å². The zero-order chi connectivity index (χ0) is 11.2. The Balaban J connectivity index is 4.78. The lowest BCUT2D eigenvalue weighted by molar-refractivity contribution is -0.147. The highest BCUT2D eigenvalue weighted by Gasteiger charge is 2.40. The highest BCUT2D eigenvalue weighted by molar-refractivity contribution is 5.89. The van der Waals surface area contributed by atoms with Gasteiger partial charge < -0.3 is 9.90 Å². The summed E-state index contributed by atoms with van der Waals surface area (Å²) < 4.78 is 0. The molecule has 0 unspecified atom stereocenters. The highest BCUT2D eigenvalue weighted by atomic mass is 16.3. The summed E-state index contributed by atoms with van der Waals surface area (Å²) in [5.74, 6) is -0.782. The molecule has 0 aromatic rings. The summed E-state index contributed by atoms with van der Waals surface area (Å²) in [5.41, 5.74) is -1.44. The molecule has 0 amide bonds. The number of aliphatic hydroxyl groups is 1. The lowest BCUT2D eigenvalue weighted by atomic mass is 9.79. The maximum absolute atomic E-state index is 11.5. The van der Waals surface area contributed by atoms with Crippen molar-refractivity contribution in [2.45, 2.75) is 52.1 Å². The molecule has 3 nitrogen and oxygen atoms in total. The average molecular weight is 200 g/mol. The van der Waals surface area contributed by atoms with Crippen molar-refractivity contribution < 1.29 is 14.7 Å². The van der Waals surface area contributed by atoms with Crippen LogP contribution in [0.15, 0.2) is 0 Å². The Morgan fingerprint density at radius 2 is 2.00 bits per heavy atom. The van der Waals surface area contributed by atoms with Crippen LogP contribution >= 0.6 is 0 Å². The Morgan fingerprint density at radius 1 is 1.43 bits per heavy atom. The van der Waals surface area contributed by atoms with Crippen LogP contribution in [0.25, 0.3) is 0 Å². The highest BCUT2D eigenvalue weighted by Crippen LogP contribution is 2.26. The number of hydrogen-bond donors (Lipinski definition) is 1. The largest absolute Gasteiger partial charge is 0.381 e. The van der Waals surface area contributed by atoms with Crippen LogP contribution in [0.1, 0.15) is 46.5 Å². The summed E-state index contributed by atoms with van der Waals surface area (Å²) in [5, 5.41) is 10.1. The van der Waals surface area contributed by atoms with Crippen molar-refractivity contribution in [3.05, 3.63) is 0 Å². The topological polar surface area (TPSA) is 54.4 Å². The Labute approximate surface area is 85.5 Å². The number of carbonyl (C=O) groups excluding carboxylic acids is 2. The van der Waals surface area contributed by atoms with Gasteiger partial charge in [0.1, 0.15) is 11.9 Å². The van der Waals surface area contributed by atoms with Crippen LogP contribution in [-0.4, -0.2) is 22.8 Å². The van der Waals surface area contributed by atoms with Crippen molar-refractivity contribution in [2.24, 2.45) is 5.92 Å². The number of rotatable bonds is 7. The van der Waals surface area contributed by atoms with Crippen molar-refractivity contribution >= 4 is 12.1 Å². The number of aldehydes is 1. The zero-order valence-electron chi connectivity index (χ0n) is 9.25. The molecule has 0 heterocycles. The van der Waals surface area contributed by atoms with Gasteiger partial charge in [-0.3, -0.25) is 4.79 Å². The minimum atomic E-state index is -1.44. The first kappa shape index (κ1) is 13.3. The Bertz CT molecular complexity index is 201. The first-order valence-electron chi connectivity index (χ1n) is 5.27. The van der Waals surface area contributed by atoms with Gasteiger partial charge in [0.15, 0.2) is 5.78 Å². The fraction of sp³-hybridized carbons (Fsp3) is 0.818. The second-order valence-electron chi connectivity index (χ2n) is 3.59. The lowest BCUT2D eigenvalue weighted by Crippen LogP contribution is -2.45. The van der Waals surface area contributed by atoms with Gasteiger partial charge in [-0.2, -0.15) is 0 Å². The van der Waals surface area contributed by atoms with E-state index in [2.05, 4.69) is 0 Å². The Kier molecular flexibility index (Phi) is 5.62. The number of ketones is 1. The molecule has 0 bridgehead atoms. The van der Waals surface area contributed by atoms with E-state index in [9.17, 15) is 14.7 Å². The molecule has 0 aliphatic carbocycles. The smallest absolute Gasteiger partial charge is 0.164 e. The normalized spacial score (nSPS) is 17.1. The molecule has 3 heteroatoms. The second kappa shape index (κ2) is 5.91. The van der Waals surface area contributed by atoms with Crippen LogP contribution in [-0.2, 0) is 9.59 Å². The van der Waals surface area contributed by atoms with Gasteiger partial charge in [-0.1, -0.05) is 27.2 Å². The van der Waals surface area contributed by atoms with E-state index in [-0.39, 0.29) is 12.2 Å². The van der Waals surface area contributed by atoms with E-state index in [1.54, 1.807) is 13.8 Å². The second-order valence-corrected chi connectivity index (χ2v) is 3.59. The number of hydrogen-bond acceptors (Lipinski definition) is 3. The fourth-order valence-corrected chi connectivity index (χ4v) is 1.70. The van der Waals surface area contributed by atoms with Crippen molar-refractivity contribution in [3.8, 4) is 0 Å². The molecule has 0 saturated heterocycles. The van der Waals surface area contributed by atoms with E-state index < -0.39 is 11.5 Å². The fourth-order valence-electron chi connectivity index (χ4n) is 1.70. The first-order chi connectivity index (χ1) is 6.56. The van der Waals surface area contributed by atoms with Gasteiger partial charge in [0.2, 0.25) is 0 Å². The number of carbonyl (C=O) groups is 2. The molecule has 0 saturated carbocycles. The van der Waals surface area contributed by atoms with Crippen molar-refractivity contribution in [1.82, 2.24) is 0 Å². The monoisotopic (exact) mass is 200 g/mol. The molecule has 0 aromatic carbocycles. The van der Waals surface area contributed by atoms with Crippen LogP contribution in [0.5, 0.6) is 0 Å². The maximum atomic E-state index is 11.5. The molecular formula is C11H20O3. The molecule has 14 heavy (non-hydrogen) atoms. The van der Waals surface area contributed by atoms with Crippen LogP contribution in [0, 0.1) is 5.92 Å². The van der Waals surface area contributed by atoms with Crippen LogP contribution in [0.3, 0.4) is 0 Å². The summed E-state index contributed by atoms with van der Waals surface area (Å²) in [6.45, 7) is 5.37. The number of Topliss-reactive ketones (excluding diaryl/α,β-unsaturated/α-hetero) is 1. The molecule has 2 atom stereocenters. The summed E-state index contributed by atoms with van der Waals surface area (Å²) in [7, 11) is 0. The summed E-state index contributed by atoms with van der Waals surface area (Å²) in [6.07, 6.45) is 2.66. The van der Waals surface area contributed by atoms with Crippen LogP contribution in [0.2, 0.25) is 0 Å². The third-order valence-corrected chi connectivity index (χ3v) is 2.72. The van der Waals surface area contributed by atoms with Gasteiger partial charge in [0, 0.05) is 6.42 Å². The minimum absolute atomic E-state index is 0.231. The Hall–Kier alpha value is -0.700. The van der Waals surface area contributed by atoms with Gasteiger partial charge in [0.05, 0.1) is 5.92 Å². The van der Waals surface area contributed by atoms with E-state index in [0.29, 0.717) is 19.1 Å². The summed E-state index contributed by atoms with van der Waals surface area (Å²) >= 11 is 0. The quantitative estimate of drug-likeness (QED) is 0.637. The third kappa shape index (κ3) is 2.64. The van der Waals surface area contributed by atoms with E-state index in [1.807, 2.05) is 6.92 Å². The predicted molar refractivity (Wildman–Crippen MR) is 55.0 cm³/mol. The van der Waals surface area contributed by atoms with Crippen LogP contribution < -0.4 is 0 Å². The lowest BCUT2D eigenvalue weighted by Gasteiger charge is -2.30. The zero-order valence-corrected chi connectivity index (χ0v) is 9.25. The van der Waals surface area contributed by atoms with E-state index >= 15 is 0 Å². The van der Waals surface area contributed by atoms with Gasteiger partial charge in [-0.15, -0.1) is 0 Å². The van der Waals surface area contributed by atoms with Gasteiger partial charge in [-0.25, -0.2) is 0 Å². The van der Waals surface area contributed by atoms with Crippen molar-refractivity contribution in [2.75, 3.05) is 0 Å². The summed E-state index contributed by atoms with van der Waals surface area (Å²) in [4.78, 5) is 22.3. The standard InChI is InChI=1S/C11H20O3/c1-4-7-9(8-12)11(14,6-3)10(13)5-2/h8-9,14H,4-7H2,1-3H3/t9-,11+/m0/s1. The van der Waals surface area contributed by atoms with Crippen molar-refractivity contribution in [1.29, 1.82) is 0 Å². The molecule has 0 rings (SSSR count). The van der Waals surface area contributed by atoms with Crippen molar-refractivity contribution in [3.63, 3.8) is 0 Å². The Morgan fingerprint density at radius 3 is 2.29 bits per heavy atom. The van der Waals surface area contributed by atoms with Gasteiger partial charge >= 0.3 is 0 Å². The molecule has 82 valence electrons. The maximum Gasteiger partial charge on any atom is 0.164 e. The minimum Gasteiger partial charge on any atom is -0.381 e. The SMILES string of the molecule is CCC[C@@H](C=O)[C@](O)(CC)C(=O)CC. The third-order valence-electron chi connectivity index (χ3n) is 2.72. The molecule has 0 spiro atoms. The molecule has 0 aliphatic heterocycles. The van der Waals surface area contributed by atoms with E-state index in [0.717, 1.165) is 6.42 Å². The van der Waals surface area contributed by atoms with Gasteiger partial charge in [0.25, 0.3) is 0 Å². The van der Waals surface area contributed by atoms with Gasteiger partial charge in [-0.05, 0) is 12.8 Å². The van der Waals surface area contributed by atoms with E-state index in [1.165, 1.54) is 0 Å².